The summed E-state index contributed by atoms with van der Waals surface area (Å²) in [5, 5.41) is 0. The van der Waals surface area contributed by atoms with Crippen molar-refractivity contribution in [2.45, 2.75) is 43.7 Å². The normalized spacial score (nSPS) is 26.9. The molecule has 1 aromatic rings. The molecule has 2 fully saturated rings. The van der Waals surface area contributed by atoms with Crippen LogP contribution in [0.3, 0.4) is 0 Å². The van der Waals surface area contributed by atoms with Crippen LogP contribution in [0.4, 0.5) is 4.39 Å². The summed E-state index contributed by atoms with van der Waals surface area (Å²) < 4.78 is 19.9. The van der Waals surface area contributed by atoms with E-state index in [1.165, 1.54) is 12.5 Å². The molecule has 1 spiro atoms. The maximum absolute atomic E-state index is 13.9. The minimum Gasteiger partial charge on any atom is -0.375 e. The van der Waals surface area contributed by atoms with E-state index >= 15 is 0 Å². The maximum atomic E-state index is 13.9. The van der Waals surface area contributed by atoms with Gasteiger partial charge in [0.25, 0.3) is 0 Å². The van der Waals surface area contributed by atoms with Crippen molar-refractivity contribution < 1.29 is 9.13 Å². The first-order valence-electron chi connectivity index (χ1n) is 7.09. The lowest BCUT2D eigenvalue weighted by atomic mass is 9.69. The second-order valence-electron chi connectivity index (χ2n) is 5.80. The molecule has 1 aliphatic carbocycles. The highest BCUT2D eigenvalue weighted by molar-refractivity contribution is 5.22. The van der Waals surface area contributed by atoms with Crippen molar-refractivity contribution in [1.82, 2.24) is 5.43 Å². The van der Waals surface area contributed by atoms with E-state index in [4.69, 9.17) is 10.6 Å². The summed E-state index contributed by atoms with van der Waals surface area (Å²) >= 11 is 0. The Kier molecular flexibility index (Phi) is 3.56. The Morgan fingerprint density at radius 1 is 1.37 bits per heavy atom. The van der Waals surface area contributed by atoms with Crippen molar-refractivity contribution in [2.75, 3.05) is 6.61 Å². The Hall–Kier alpha value is -0.970. The fraction of sp³-hybridized carbons (Fsp3) is 0.600. The molecule has 0 amide bonds. The molecule has 19 heavy (non-hydrogen) atoms. The van der Waals surface area contributed by atoms with E-state index in [1.807, 2.05) is 12.1 Å². The molecule has 1 saturated carbocycles. The molecule has 0 radical (unpaired) electrons. The maximum Gasteiger partial charge on any atom is 0.128 e. The van der Waals surface area contributed by atoms with Crippen LogP contribution in [0, 0.1) is 11.7 Å². The van der Waals surface area contributed by atoms with Gasteiger partial charge in [-0.15, -0.1) is 0 Å². The van der Waals surface area contributed by atoms with Gasteiger partial charge < -0.3 is 4.74 Å². The number of nitrogens with one attached hydrogen (secondary N) is 1. The van der Waals surface area contributed by atoms with Crippen molar-refractivity contribution in [2.24, 2.45) is 11.8 Å². The zero-order valence-corrected chi connectivity index (χ0v) is 11.1. The van der Waals surface area contributed by atoms with E-state index in [1.54, 1.807) is 6.07 Å². The number of ether oxygens (including phenoxy) is 1. The predicted molar refractivity (Wildman–Crippen MR) is 71.7 cm³/mol. The molecule has 2 unspecified atom stereocenters. The van der Waals surface area contributed by atoms with Gasteiger partial charge in [-0.2, -0.15) is 0 Å². The number of rotatable bonds is 3. The van der Waals surface area contributed by atoms with E-state index in [0.29, 0.717) is 11.5 Å². The lowest BCUT2D eigenvalue weighted by Crippen LogP contribution is -2.48. The summed E-state index contributed by atoms with van der Waals surface area (Å²) in [5.41, 5.74) is 3.55. The van der Waals surface area contributed by atoms with Crippen molar-refractivity contribution in [1.29, 1.82) is 0 Å². The van der Waals surface area contributed by atoms with Crippen molar-refractivity contribution in [3.05, 3.63) is 35.6 Å². The Balaban J connectivity index is 1.80. The van der Waals surface area contributed by atoms with Crippen LogP contribution in [0.2, 0.25) is 0 Å². The summed E-state index contributed by atoms with van der Waals surface area (Å²) in [6.07, 6.45) is 5.43. The van der Waals surface area contributed by atoms with Crippen LogP contribution >= 0.6 is 0 Å². The van der Waals surface area contributed by atoms with Gasteiger partial charge >= 0.3 is 0 Å². The van der Waals surface area contributed by atoms with Crippen LogP contribution in [0.1, 0.15) is 43.7 Å². The second-order valence-corrected chi connectivity index (χ2v) is 5.80. The van der Waals surface area contributed by atoms with E-state index in [-0.39, 0.29) is 17.5 Å². The van der Waals surface area contributed by atoms with Crippen LogP contribution in [-0.2, 0) is 4.74 Å². The number of benzene rings is 1. The second kappa shape index (κ2) is 5.19. The van der Waals surface area contributed by atoms with E-state index in [9.17, 15) is 4.39 Å². The molecule has 4 heteroatoms. The summed E-state index contributed by atoms with van der Waals surface area (Å²) in [6.45, 7) is 0.761. The number of hydrogen-bond acceptors (Lipinski definition) is 3. The highest BCUT2D eigenvalue weighted by atomic mass is 19.1. The molecule has 1 aliphatic heterocycles. The first-order valence-corrected chi connectivity index (χ1v) is 7.09. The summed E-state index contributed by atoms with van der Waals surface area (Å²) in [7, 11) is 0. The van der Waals surface area contributed by atoms with Gasteiger partial charge in [0, 0.05) is 12.2 Å². The summed E-state index contributed by atoms with van der Waals surface area (Å²) in [4.78, 5) is 0. The largest absolute Gasteiger partial charge is 0.375 e. The molecule has 0 aromatic heterocycles. The highest BCUT2D eigenvalue weighted by Crippen LogP contribution is 2.47. The van der Waals surface area contributed by atoms with Crippen LogP contribution in [0.15, 0.2) is 24.3 Å². The first kappa shape index (κ1) is 13.0. The summed E-state index contributed by atoms with van der Waals surface area (Å²) in [6, 6.07) is 6.77. The molecule has 2 atom stereocenters. The lowest BCUT2D eigenvalue weighted by Gasteiger charge is -2.48. The number of hydrazine groups is 1. The third-order valence-electron chi connectivity index (χ3n) is 4.69. The average Bonchev–Trinajstić information content (AvgIpc) is 2.40. The van der Waals surface area contributed by atoms with Gasteiger partial charge in [-0.05, 0) is 44.1 Å². The number of nitrogens with two attached hydrogens (primary N) is 1. The van der Waals surface area contributed by atoms with Gasteiger partial charge in [-0.3, -0.25) is 11.3 Å². The Bertz CT molecular complexity index is 448. The van der Waals surface area contributed by atoms with Gasteiger partial charge in [0.05, 0.1) is 11.6 Å². The van der Waals surface area contributed by atoms with Gasteiger partial charge in [0.2, 0.25) is 0 Å². The monoisotopic (exact) mass is 264 g/mol. The molecule has 3 nitrogen and oxygen atoms in total. The highest BCUT2D eigenvalue weighted by Gasteiger charge is 2.44. The van der Waals surface area contributed by atoms with Crippen LogP contribution < -0.4 is 11.3 Å². The molecule has 1 heterocycles. The third-order valence-corrected chi connectivity index (χ3v) is 4.69. The quantitative estimate of drug-likeness (QED) is 0.652. The van der Waals surface area contributed by atoms with E-state index in [2.05, 4.69) is 5.43 Å². The van der Waals surface area contributed by atoms with Crippen LogP contribution in [-0.4, -0.2) is 12.2 Å². The summed E-state index contributed by atoms with van der Waals surface area (Å²) in [5.74, 6) is 5.86. The Labute approximate surface area is 113 Å². The topological polar surface area (TPSA) is 47.3 Å². The van der Waals surface area contributed by atoms with Gasteiger partial charge in [0.1, 0.15) is 5.82 Å². The minimum absolute atomic E-state index is 0.0588. The number of halogens is 1. The molecule has 1 saturated heterocycles. The van der Waals surface area contributed by atoms with Crippen molar-refractivity contribution >= 4 is 0 Å². The van der Waals surface area contributed by atoms with Crippen LogP contribution in [0.5, 0.6) is 0 Å². The van der Waals surface area contributed by atoms with Crippen molar-refractivity contribution in [3.8, 4) is 0 Å². The van der Waals surface area contributed by atoms with Crippen LogP contribution in [0.25, 0.3) is 0 Å². The molecular weight excluding hydrogens is 243 g/mol. The lowest BCUT2D eigenvalue weighted by molar-refractivity contribution is -0.147. The van der Waals surface area contributed by atoms with Gasteiger partial charge in [0.15, 0.2) is 0 Å². The Morgan fingerprint density at radius 3 is 2.79 bits per heavy atom. The zero-order chi connectivity index (χ0) is 13.3. The molecule has 3 N–H and O–H groups in total. The van der Waals surface area contributed by atoms with Gasteiger partial charge in [-0.25, -0.2) is 4.39 Å². The predicted octanol–water partition coefficient (Wildman–Crippen LogP) is 2.68. The molecule has 3 rings (SSSR count). The molecule has 1 aromatic carbocycles. The Morgan fingerprint density at radius 2 is 2.16 bits per heavy atom. The average molecular weight is 264 g/mol. The molecule has 104 valence electrons. The molecule has 2 aliphatic rings. The fourth-order valence-electron chi connectivity index (χ4n) is 3.48. The fourth-order valence-corrected chi connectivity index (χ4v) is 3.48. The van der Waals surface area contributed by atoms with Gasteiger partial charge in [-0.1, -0.05) is 18.2 Å². The standard InChI is InChI=1S/C15H21FN2O/c16-13-5-2-1-4-12(13)14(18-17)11-6-9-19-15(10-11)7-3-8-15/h1-2,4-5,11,14,18H,3,6-10,17H2. The smallest absolute Gasteiger partial charge is 0.128 e. The number of hydrogen-bond donors (Lipinski definition) is 2. The van der Waals surface area contributed by atoms with E-state index in [0.717, 1.165) is 32.3 Å². The molecule has 0 bridgehead atoms. The van der Waals surface area contributed by atoms with E-state index < -0.39 is 0 Å². The first-order chi connectivity index (χ1) is 9.24. The third kappa shape index (κ3) is 2.40. The molecular formula is C15H21FN2O. The zero-order valence-electron chi connectivity index (χ0n) is 11.1. The SMILES string of the molecule is NNC(c1ccccc1F)C1CCOC2(CCC2)C1. The van der Waals surface area contributed by atoms with Crippen molar-refractivity contribution in [3.63, 3.8) is 0 Å². The minimum atomic E-state index is -0.181.